The van der Waals surface area contributed by atoms with Gasteiger partial charge < -0.3 is 33.2 Å². The summed E-state index contributed by atoms with van der Waals surface area (Å²) in [6, 6.07) is 0. The van der Waals surface area contributed by atoms with Crippen LogP contribution in [0.3, 0.4) is 0 Å². The van der Waals surface area contributed by atoms with Crippen molar-refractivity contribution >= 4 is 29.8 Å². The van der Waals surface area contributed by atoms with Crippen LogP contribution in [-0.2, 0) is 57.1 Å². The first-order valence-corrected chi connectivity index (χ1v) is 23.8. The van der Waals surface area contributed by atoms with Crippen molar-refractivity contribution in [2.45, 2.75) is 246 Å². The molecule has 1 unspecified atom stereocenters. The van der Waals surface area contributed by atoms with Crippen molar-refractivity contribution in [3.63, 3.8) is 0 Å². The van der Waals surface area contributed by atoms with Gasteiger partial charge in [-0.05, 0) is 24.7 Å². The topological polar surface area (TPSA) is 150 Å². The summed E-state index contributed by atoms with van der Waals surface area (Å²) < 4.78 is 40.2. The molecule has 0 N–H and O–H groups in total. The number of unbranched alkanes of at least 4 members (excludes halogenated alkanes) is 17. The van der Waals surface area contributed by atoms with Crippen molar-refractivity contribution in [1.29, 1.82) is 0 Å². The Morgan fingerprint density at radius 3 is 1.33 bits per heavy atom. The van der Waals surface area contributed by atoms with Gasteiger partial charge in [-0.15, -0.1) is 0 Å². The average molecular weight is 855 g/mol. The van der Waals surface area contributed by atoms with Gasteiger partial charge in [0.05, 0.1) is 13.2 Å². The molecule has 0 aromatic carbocycles. The Hall–Kier alpha value is -2.73. The largest absolute Gasteiger partial charge is 0.458 e. The average Bonchev–Trinajstić information content (AvgIpc) is 3.40. The van der Waals surface area contributed by atoms with Gasteiger partial charge in [0.25, 0.3) is 0 Å². The summed E-state index contributed by atoms with van der Waals surface area (Å²) in [6.45, 7) is 14.3. The summed E-state index contributed by atoms with van der Waals surface area (Å²) in [4.78, 5) is 62.2. The van der Waals surface area contributed by atoms with Crippen LogP contribution in [-0.4, -0.2) is 86.3 Å². The van der Waals surface area contributed by atoms with Gasteiger partial charge in [0.2, 0.25) is 0 Å². The van der Waals surface area contributed by atoms with Crippen LogP contribution in [0.5, 0.6) is 0 Å². The minimum atomic E-state index is -1.32. The molecule has 1 aliphatic carbocycles. The number of carbonyl (C=O) groups excluding carboxylic acids is 5. The molecule has 12 nitrogen and oxygen atoms in total. The van der Waals surface area contributed by atoms with Crippen LogP contribution in [0.25, 0.3) is 0 Å². The lowest BCUT2D eigenvalue weighted by molar-refractivity contribution is -0.181. The molecule has 0 radical (unpaired) electrons. The standard InChI is InChI=1S/C48H86O12/c1-9-10-11-25-30-37(4)31-26-21-17-15-19-23-28-33-54-34-42(56-38(5)49)35-55-44-45(57-39(6)50)47(58-40(7)51)48(59-41(8)52)46(44)60-43(53)32-27-22-18-14-12-13-16-20-24-29-36(2)3/h36-37,42,44-48H,9-35H2,1-8H3/t37?,42-,44+,45+,46+,47-,48-/m0/s1. The molecule has 350 valence electrons. The molecule has 1 saturated carbocycles. The first-order chi connectivity index (χ1) is 28.7. The van der Waals surface area contributed by atoms with Gasteiger partial charge in [-0.1, -0.05) is 163 Å². The summed E-state index contributed by atoms with van der Waals surface area (Å²) >= 11 is 0. The van der Waals surface area contributed by atoms with E-state index in [2.05, 4.69) is 27.7 Å². The Labute approximate surface area is 363 Å². The second-order valence-corrected chi connectivity index (χ2v) is 17.6. The molecule has 12 heteroatoms. The normalized spacial score (nSPS) is 19.8. The molecular weight excluding hydrogens is 769 g/mol. The zero-order valence-corrected chi connectivity index (χ0v) is 39.1. The fourth-order valence-corrected chi connectivity index (χ4v) is 7.93. The summed E-state index contributed by atoms with van der Waals surface area (Å²) in [7, 11) is 0. The fraction of sp³-hybridized carbons (Fsp3) is 0.896. The molecule has 0 amide bonds. The second kappa shape index (κ2) is 34.8. The first-order valence-electron chi connectivity index (χ1n) is 23.8. The maximum absolute atomic E-state index is 13.3. The van der Waals surface area contributed by atoms with Gasteiger partial charge in [-0.3, -0.25) is 24.0 Å². The smallest absolute Gasteiger partial charge is 0.306 e. The van der Waals surface area contributed by atoms with E-state index >= 15 is 0 Å². The van der Waals surface area contributed by atoms with E-state index in [1.807, 2.05) is 0 Å². The van der Waals surface area contributed by atoms with Crippen molar-refractivity contribution in [3.05, 3.63) is 0 Å². The molecule has 0 aliphatic heterocycles. The van der Waals surface area contributed by atoms with E-state index in [-0.39, 0.29) is 19.6 Å². The van der Waals surface area contributed by atoms with Gasteiger partial charge in [0.1, 0.15) is 12.2 Å². The number of hydrogen-bond donors (Lipinski definition) is 0. The zero-order valence-electron chi connectivity index (χ0n) is 39.1. The van der Waals surface area contributed by atoms with E-state index in [1.54, 1.807) is 0 Å². The Bertz CT molecular complexity index is 1160. The van der Waals surface area contributed by atoms with Crippen LogP contribution in [0.4, 0.5) is 0 Å². The Kier molecular flexibility index (Phi) is 32.1. The van der Waals surface area contributed by atoms with E-state index in [4.69, 9.17) is 33.2 Å². The molecule has 0 spiro atoms. The Morgan fingerprint density at radius 2 is 0.867 bits per heavy atom. The van der Waals surface area contributed by atoms with E-state index in [1.165, 1.54) is 130 Å². The Morgan fingerprint density at radius 1 is 0.450 bits per heavy atom. The number of esters is 5. The molecule has 0 aromatic rings. The highest BCUT2D eigenvalue weighted by atomic mass is 16.7. The van der Waals surface area contributed by atoms with Crippen LogP contribution in [0.2, 0.25) is 0 Å². The molecule has 60 heavy (non-hydrogen) atoms. The predicted molar refractivity (Wildman–Crippen MR) is 233 cm³/mol. The number of hydrogen-bond acceptors (Lipinski definition) is 12. The van der Waals surface area contributed by atoms with E-state index in [0.29, 0.717) is 13.0 Å². The van der Waals surface area contributed by atoms with E-state index in [0.717, 1.165) is 50.4 Å². The highest BCUT2D eigenvalue weighted by Gasteiger charge is 2.59. The minimum absolute atomic E-state index is 0.0461. The summed E-state index contributed by atoms with van der Waals surface area (Å²) in [6.07, 6.45) is 20.0. The van der Waals surface area contributed by atoms with E-state index in [9.17, 15) is 24.0 Å². The first kappa shape index (κ1) is 55.3. The molecule has 1 fully saturated rings. The van der Waals surface area contributed by atoms with Crippen molar-refractivity contribution in [1.82, 2.24) is 0 Å². The molecule has 1 aliphatic rings. The lowest BCUT2D eigenvalue weighted by atomic mass is 9.96. The predicted octanol–water partition coefficient (Wildman–Crippen LogP) is 10.7. The van der Waals surface area contributed by atoms with Gasteiger partial charge in [0, 0.05) is 40.7 Å². The molecule has 0 saturated heterocycles. The number of carbonyl (C=O) groups is 5. The Balaban J connectivity index is 2.75. The molecule has 0 aromatic heterocycles. The lowest BCUT2D eigenvalue weighted by Gasteiger charge is -2.27. The zero-order chi connectivity index (χ0) is 44.5. The highest BCUT2D eigenvalue weighted by molar-refractivity contribution is 5.71. The number of ether oxygens (including phenoxy) is 7. The maximum Gasteiger partial charge on any atom is 0.306 e. The molecular formula is C48H86O12. The molecule has 7 atom stereocenters. The third kappa shape index (κ3) is 28.0. The summed E-state index contributed by atoms with van der Waals surface area (Å²) in [5, 5.41) is 0. The lowest BCUT2D eigenvalue weighted by Crippen LogP contribution is -2.43. The van der Waals surface area contributed by atoms with Crippen LogP contribution in [0.15, 0.2) is 0 Å². The molecule has 0 bridgehead atoms. The number of rotatable bonds is 37. The maximum atomic E-state index is 13.3. The van der Waals surface area contributed by atoms with Gasteiger partial charge >= 0.3 is 29.8 Å². The summed E-state index contributed by atoms with van der Waals surface area (Å²) in [5.74, 6) is -1.67. The van der Waals surface area contributed by atoms with Crippen LogP contribution >= 0.6 is 0 Å². The van der Waals surface area contributed by atoms with E-state index < -0.39 is 66.5 Å². The van der Waals surface area contributed by atoms with Gasteiger partial charge in [-0.25, -0.2) is 0 Å². The quantitative estimate of drug-likeness (QED) is 0.0332. The SMILES string of the molecule is CCCCCCC(C)CCCCCCCCCOC[C@@H](CO[C@@H]1[C@@H](OC(C)=O)[C@H](OC(C)=O)[C@@H](OC(C)=O)[C@@H]1OC(=O)CCCCCCCCCCCC(C)C)OC(C)=O. The minimum Gasteiger partial charge on any atom is -0.458 e. The molecule has 1 rings (SSSR count). The van der Waals surface area contributed by atoms with Crippen molar-refractivity contribution in [3.8, 4) is 0 Å². The monoisotopic (exact) mass is 855 g/mol. The molecule has 0 heterocycles. The third-order valence-electron chi connectivity index (χ3n) is 11.1. The van der Waals surface area contributed by atoms with Gasteiger partial charge in [0.15, 0.2) is 24.4 Å². The fourth-order valence-electron chi connectivity index (χ4n) is 7.93. The van der Waals surface area contributed by atoms with Crippen LogP contribution < -0.4 is 0 Å². The summed E-state index contributed by atoms with van der Waals surface area (Å²) in [5.41, 5.74) is 0. The third-order valence-corrected chi connectivity index (χ3v) is 11.1. The van der Waals surface area contributed by atoms with Crippen molar-refractivity contribution < 1.29 is 57.1 Å². The van der Waals surface area contributed by atoms with Crippen molar-refractivity contribution in [2.24, 2.45) is 11.8 Å². The van der Waals surface area contributed by atoms with Crippen molar-refractivity contribution in [2.75, 3.05) is 19.8 Å². The van der Waals surface area contributed by atoms with Gasteiger partial charge in [-0.2, -0.15) is 0 Å². The van der Waals surface area contributed by atoms with Crippen LogP contribution in [0, 0.1) is 11.8 Å². The van der Waals surface area contributed by atoms with Crippen LogP contribution in [0.1, 0.15) is 209 Å². The highest BCUT2D eigenvalue weighted by Crippen LogP contribution is 2.35. The second-order valence-electron chi connectivity index (χ2n) is 17.6.